The molecule has 1 aromatic carbocycles. The van der Waals surface area contributed by atoms with E-state index in [0.717, 1.165) is 6.04 Å². The molecule has 0 spiro atoms. The van der Waals surface area contributed by atoms with Gasteiger partial charge in [0.05, 0.1) is 0 Å². The van der Waals surface area contributed by atoms with Gasteiger partial charge in [0.2, 0.25) is 0 Å². The van der Waals surface area contributed by atoms with Crippen LogP contribution in [-0.4, -0.2) is 25.7 Å². The van der Waals surface area contributed by atoms with Crippen LogP contribution in [0.5, 0.6) is 0 Å². The topological polar surface area (TPSA) is 15.3 Å². The summed E-state index contributed by atoms with van der Waals surface area (Å²) in [6, 6.07) is 11.6. The van der Waals surface area contributed by atoms with E-state index in [1.165, 1.54) is 63.8 Å². The van der Waals surface area contributed by atoms with Crippen molar-refractivity contribution in [2.45, 2.75) is 51.5 Å². The maximum absolute atomic E-state index is 3.66. The minimum Gasteiger partial charge on any atom is -0.371 e. The van der Waals surface area contributed by atoms with Crippen molar-refractivity contribution in [3.63, 3.8) is 0 Å². The lowest BCUT2D eigenvalue weighted by Crippen LogP contribution is -2.37. The second kappa shape index (κ2) is 8.21. The molecule has 1 saturated heterocycles. The lowest BCUT2D eigenvalue weighted by atomic mass is 10.0. The summed E-state index contributed by atoms with van der Waals surface area (Å²) in [5.41, 5.74) is 1.38. The number of piperidine rings is 1. The van der Waals surface area contributed by atoms with E-state index in [1.807, 2.05) is 0 Å². The monoisotopic (exact) mass is 260 g/mol. The van der Waals surface area contributed by atoms with Crippen molar-refractivity contribution in [2.24, 2.45) is 0 Å². The average Bonchev–Trinajstić information content (AvgIpc) is 2.49. The van der Waals surface area contributed by atoms with Gasteiger partial charge in [0.1, 0.15) is 0 Å². The Hall–Kier alpha value is -1.02. The second-order valence-electron chi connectivity index (χ2n) is 5.61. The first-order valence-corrected chi connectivity index (χ1v) is 7.93. The highest BCUT2D eigenvalue weighted by Crippen LogP contribution is 2.17. The van der Waals surface area contributed by atoms with Crippen LogP contribution in [-0.2, 0) is 0 Å². The predicted octanol–water partition coefficient (Wildman–Crippen LogP) is 3.83. The van der Waals surface area contributed by atoms with Gasteiger partial charge in [-0.2, -0.15) is 0 Å². The fourth-order valence-corrected chi connectivity index (χ4v) is 2.84. The highest BCUT2D eigenvalue weighted by Gasteiger charge is 2.14. The molecule has 0 saturated carbocycles. The third kappa shape index (κ3) is 4.87. The van der Waals surface area contributed by atoms with Gasteiger partial charge in [-0.25, -0.2) is 0 Å². The van der Waals surface area contributed by atoms with Gasteiger partial charge in [-0.3, -0.25) is 0 Å². The van der Waals surface area contributed by atoms with Crippen molar-refractivity contribution in [3.8, 4) is 0 Å². The third-order valence-corrected chi connectivity index (χ3v) is 4.06. The first-order chi connectivity index (χ1) is 9.40. The van der Waals surface area contributed by atoms with Crippen LogP contribution in [0.1, 0.15) is 45.4 Å². The quantitative estimate of drug-likeness (QED) is 0.801. The zero-order valence-corrected chi connectivity index (χ0v) is 12.3. The summed E-state index contributed by atoms with van der Waals surface area (Å²) >= 11 is 0. The Kier molecular flexibility index (Phi) is 6.22. The van der Waals surface area contributed by atoms with E-state index in [4.69, 9.17) is 0 Å². The van der Waals surface area contributed by atoms with Gasteiger partial charge in [-0.1, -0.05) is 38.0 Å². The number of nitrogens with zero attached hydrogens (tertiary/aromatic N) is 1. The molecule has 0 radical (unpaired) electrons. The number of nitrogens with one attached hydrogen (secondary N) is 1. The molecular weight excluding hydrogens is 232 g/mol. The molecule has 2 nitrogen and oxygen atoms in total. The van der Waals surface area contributed by atoms with E-state index in [0.29, 0.717) is 0 Å². The standard InChI is InChI=1S/C17H28N2/c1-2-3-14-19(17-10-5-4-6-11-17)15-12-16-9-7-8-13-18-16/h4-6,10-11,16,18H,2-3,7-9,12-15H2,1H3. The van der Waals surface area contributed by atoms with E-state index in [2.05, 4.69) is 47.5 Å². The van der Waals surface area contributed by atoms with E-state index in [9.17, 15) is 0 Å². The van der Waals surface area contributed by atoms with Crippen molar-refractivity contribution < 1.29 is 0 Å². The zero-order valence-electron chi connectivity index (χ0n) is 12.3. The minimum absolute atomic E-state index is 0.738. The molecule has 0 aromatic heterocycles. The van der Waals surface area contributed by atoms with E-state index in [1.54, 1.807) is 0 Å². The molecular formula is C17H28N2. The van der Waals surface area contributed by atoms with Crippen molar-refractivity contribution in [3.05, 3.63) is 30.3 Å². The van der Waals surface area contributed by atoms with Crippen LogP contribution in [0.15, 0.2) is 30.3 Å². The minimum atomic E-state index is 0.738. The molecule has 1 aliphatic rings. The molecule has 0 bridgehead atoms. The Morgan fingerprint density at radius 1 is 1.16 bits per heavy atom. The first kappa shape index (κ1) is 14.4. The maximum Gasteiger partial charge on any atom is 0.0366 e. The highest BCUT2D eigenvalue weighted by molar-refractivity contribution is 5.45. The molecule has 1 atom stereocenters. The lowest BCUT2D eigenvalue weighted by Gasteiger charge is -2.29. The van der Waals surface area contributed by atoms with Crippen LogP contribution in [0.2, 0.25) is 0 Å². The Bertz CT molecular complexity index is 330. The lowest BCUT2D eigenvalue weighted by molar-refractivity contribution is 0.382. The fourth-order valence-electron chi connectivity index (χ4n) is 2.84. The SMILES string of the molecule is CCCCN(CCC1CCCCN1)c1ccccc1. The van der Waals surface area contributed by atoms with Crippen molar-refractivity contribution in [2.75, 3.05) is 24.5 Å². The van der Waals surface area contributed by atoms with Gasteiger partial charge in [0.25, 0.3) is 0 Å². The van der Waals surface area contributed by atoms with E-state index in [-0.39, 0.29) is 0 Å². The molecule has 0 amide bonds. The largest absolute Gasteiger partial charge is 0.371 e. The molecule has 106 valence electrons. The first-order valence-electron chi connectivity index (χ1n) is 7.93. The average molecular weight is 260 g/mol. The number of hydrogen-bond acceptors (Lipinski definition) is 2. The molecule has 1 aromatic rings. The molecule has 1 unspecified atom stereocenters. The fraction of sp³-hybridized carbons (Fsp3) is 0.647. The Morgan fingerprint density at radius 2 is 2.00 bits per heavy atom. The van der Waals surface area contributed by atoms with Gasteiger partial charge in [-0.15, -0.1) is 0 Å². The predicted molar refractivity (Wildman–Crippen MR) is 83.8 cm³/mol. The number of benzene rings is 1. The highest BCUT2D eigenvalue weighted by atomic mass is 15.1. The van der Waals surface area contributed by atoms with Crippen LogP contribution in [0.4, 0.5) is 5.69 Å². The Labute approximate surface area is 118 Å². The summed E-state index contributed by atoms with van der Waals surface area (Å²) < 4.78 is 0. The molecule has 2 rings (SSSR count). The second-order valence-corrected chi connectivity index (χ2v) is 5.61. The number of rotatable bonds is 7. The molecule has 1 fully saturated rings. The van der Waals surface area contributed by atoms with Crippen LogP contribution >= 0.6 is 0 Å². The van der Waals surface area contributed by atoms with Crippen LogP contribution in [0.3, 0.4) is 0 Å². The summed E-state index contributed by atoms with van der Waals surface area (Å²) in [6.45, 7) is 5.85. The van der Waals surface area contributed by atoms with Crippen LogP contribution in [0, 0.1) is 0 Å². The molecule has 1 N–H and O–H groups in total. The van der Waals surface area contributed by atoms with Gasteiger partial charge in [-0.05, 0) is 44.4 Å². The van der Waals surface area contributed by atoms with Crippen molar-refractivity contribution >= 4 is 5.69 Å². The van der Waals surface area contributed by atoms with Crippen molar-refractivity contribution in [1.82, 2.24) is 5.32 Å². The molecule has 19 heavy (non-hydrogen) atoms. The van der Waals surface area contributed by atoms with Gasteiger partial charge < -0.3 is 10.2 Å². The summed E-state index contributed by atoms with van der Waals surface area (Å²) in [6.07, 6.45) is 7.94. The number of unbranched alkanes of at least 4 members (excludes halogenated alkanes) is 1. The Morgan fingerprint density at radius 3 is 2.68 bits per heavy atom. The maximum atomic E-state index is 3.66. The van der Waals surface area contributed by atoms with E-state index >= 15 is 0 Å². The zero-order chi connectivity index (χ0) is 13.3. The van der Waals surface area contributed by atoms with Crippen LogP contribution in [0.25, 0.3) is 0 Å². The van der Waals surface area contributed by atoms with Crippen LogP contribution < -0.4 is 10.2 Å². The summed E-state index contributed by atoms with van der Waals surface area (Å²) in [7, 11) is 0. The molecule has 1 aliphatic heterocycles. The molecule has 0 aliphatic carbocycles. The normalized spacial score (nSPS) is 19.3. The van der Waals surface area contributed by atoms with E-state index < -0.39 is 0 Å². The summed E-state index contributed by atoms with van der Waals surface area (Å²) in [4.78, 5) is 2.56. The summed E-state index contributed by atoms with van der Waals surface area (Å²) in [5.74, 6) is 0. The van der Waals surface area contributed by atoms with Crippen molar-refractivity contribution in [1.29, 1.82) is 0 Å². The third-order valence-electron chi connectivity index (χ3n) is 4.06. The molecule has 2 heteroatoms. The smallest absolute Gasteiger partial charge is 0.0366 e. The number of hydrogen-bond donors (Lipinski definition) is 1. The van der Waals surface area contributed by atoms with Gasteiger partial charge >= 0.3 is 0 Å². The van der Waals surface area contributed by atoms with Gasteiger partial charge in [0, 0.05) is 24.8 Å². The number of anilines is 1. The number of para-hydroxylation sites is 1. The summed E-state index contributed by atoms with van der Waals surface area (Å²) in [5, 5.41) is 3.66. The molecule has 1 heterocycles. The van der Waals surface area contributed by atoms with Gasteiger partial charge in [0.15, 0.2) is 0 Å². The Balaban J connectivity index is 1.86.